The molecule has 0 unspecified atom stereocenters. The molecule has 16 heavy (non-hydrogen) atoms. The van der Waals surface area contributed by atoms with E-state index in [1.54, 1.807) is 4.31 Å². The maximum Gasteiger partial charge on any atom is 0.217 e. The van der Waals surface area contributed by atoms with Crippen LogP contribution in [-0.4, -0.2) is 54.6 Å². The number of rotatable bonds is 2. The summed E-state index contributed by atoms with van der Waals surface area (Å²) in [5.41, 5.74) is 0. The molecule has 4 nitrogen and oxygen atoms in total. The summed E-state index contributed by atoms with van der Waals surface area (Å²) in [4.78, 5) is 2.46. The molecule has 1 aliphatic carbocycles. The normalized spacial score (nSPS) is 37.6. The Morgan fingerprint density at radius 2 is 1.88 bits per heavy atom. The first-order valence-electron chi connectivity index (χ1n) is 6.34. The van der Waals surface area contributed by atoms with Crippen LogP contribution in [0.4, 0.5) is 0 Å². The Morgan fingerprint density at radius 1 is 1.12 bits per heavy atom. The summed E-state index contributed by atoms with van der Waals surface area (Å²) in [6, 6.07) is 0.657. The summed E-state index contributed by atoms with van der Waals surface area (Å²) < 4.78 is 26.3. The second-order valence-electron chi connectivity index (χ2n) is 5.45. The van der Waals surface area contributed by atoms with Crippen molar-refractivity contribution in [2.24, 2.45) is 0 Å². The number of sulfonamides is 1. The van der Waals surface area contributed by atoms with Crippen LogP contribution in [0.5, 0.6) is 0 Å². The molecule has 0 bridgehead atoms. The number of hydrogen-bond acceptors (Lipinski definition) is 3. The van der Waals surface area contributed by atoms with Crippen molar-refractivity contribution in [3.8, 4) is 0 Å². The Morgan fingerprint density at radius 3 is 2.56 bits per heavy atom. The zero-order chi connectivity index (χ0) is 11.3. The van der Waals surface area contributed by atoms with Crippen LogP contribution in [0.3, 0.4) is 0 Å². The van der Waals surface area contributed by atoms with Crippen molar-refractivity contribution >= 4 is 10.0 Å². The lowest BCUT2D eigenvalue weighted by molar-refractivity contribution is 0.117. The van der Waals surface area contributed by atoms with Gasteiger partial charge in [0.2, 0.25) is 10.0 Å². The molecule has 3 aliphatic rings. The molecule has 0 spiro atoms. The molecule has 0 N–H and O–H groups in total. The Balaban J connectivity index is 1.80. The standard InChI is InChI=1S/C11H20N2O2S/c1-9-7-12-6-2-3-10(12)8-13(9)16(14,15)11-4-5-11/h9-11H,2-8H2,1H3/t9-,10+/m0/s1. The Bertz CT molecular complexity index is 377. The average Bonchev–Trinajstić information content (AvgIpc) is 2.98. The van der Waals surface area contributed by atoms with Crippen LogP contribution in [0, 0.1) is 0 Å². The van der Waals surface area contributed by atoms with Crippen LogP contribution >= 0.6 is 0 Å². The number of fused-ring (bicyclic) bond motifs is 1. The Hall–Kier alpha value is -0.130. The highest BCUT2D eigenvalue weighted by Crippen LogP contribution is 2.35. The lowest BCUT2D eigenvalue weighted by Crippen LogP contribution is -2.57. The van der Waals surface area contributed by atoms with Crippen LogP contribution < -0.4 is 0 Å². The lowest BCUT2D eigenvalue weighted by atomic mass is 10.1. The molecule has 5 heteroatoms. The summed E-state index contributed by atoms with van der Waals surface area (Å²) >= 11 is 0. The van der Waals surface area contributed by atoms with Gasteiger partial charge in [-0.2, -0.15) is 4.31 Å². The monoisotopic (exact) mass is 244 g/mol. The highest BCUT2D eigenvalue weighted by atomic mass is 32.2. The van der Waals surface area contributed by atoms with Gasteiger partial charge in [-0.05, 0) is 39.2 Å². The van der Waals surface area contributed by atoms with Gasteiger partial charge in [0.1, 0.15) is 0 Å². The third-order valence-corrected chi connectivity index (χ3v) is 6.63. The highest BCUT2D eigenvalue weighted by molar-refractivity contribution is 7.90. The van der Waals surface area contributed by atoms with E-state index >= 15 is 0 Å². The van der Waals surface area contributed by atoms with E-state index < -0.39 is 10.0 Å². The molecule has 2 aliphatic heterocycles. The van der Waals surface area contributed by atoms with E-state index in [1.165, 1.54) is 12.8 Å². The Kier molecular flexibility index (Phi) is 2.53. The summed E-state index contributed by atoms with van der Waals surface area (Å²) in [5, 5.41) is -0.0529. The van der Waals surface area contributed by atoms with Gasteiger partial charge >= 0.3 is 0 Å². The molecule has 3 rings (SSSR count). The maximum atomic E-state index is 12.3. The molecule has 92 valence electrons. The first kappa shape index (κ1) is 11.0. The largest absolute Gasteiger partial charge is 0.297 e. The predicted molar refractivity (Wildman–Crippen MR) is 62.7 cm³/mol. The molecule has 0 aromatic carbocycles. The van der Waals surface area contributed by atoms with Crippen LogP contribution in [0.15, 0.2) is 0 Å². The minimum Gasteiger partial charge on any atom is -0.297 e. The summed E-state index contributed by atoms with van der Waals surface area (Å²) in [5.74, 6) is 0. The van der Waals surface area contributed by atoms with Crippen molar-refractivity contribution in [3.05, 3.63) is 0 Å². The molecule has 0 aromatic rings. The minimum absolute atomic E-state index is 0.0529. The summed E-state index contributed by atoms with van der Waals surface area (Å²) in [7, 11) is -2.97. The molecule has 2 heterocycles. The van der Waals surface area contributed by atoms with Gasteiger partial charge in [0.15, 0.2) is 0 Å². The first-order valence-corrected chi connectivity index (χ1v) is 7.84. The molecular formula is C11H20N2O2S. The quantitative estimate of drug-likeness (QED) is 0.716. The van der Waals surface area contributed by atoms with Gasteiger partial charge in [0, 0.05) is 25.2 Å². The van der Waals surface area contributed by atoms with Crippen molar-refractivity contribution in [1.82, 2.24) is 9.21 Å². The minimum atomic E-state index is -2.97. The van der Waals surface area contributed by atoms with Crippen molar-refractivity contribution in [2.75, 3.05) is 19.6 Å². The van der Waals surface area contributed by atoms with E-state index in [9.17, 15) is 8.42 Å². The molecular weight excluding hydrogens is 224 g/mol. The van der Waals surface area contributed by atoms with E-state index in [0.29, 0.717) is 6.04 Å². The van der Waals surface area contributed by atoms with E-state index in [2.05, 4.69) is 11.8 Å². The fourth-order valence-electron chi connectivity index (χ4n) is 3.07. The van der Waals surface area contributed by atoms with Crippen molar-refractivity contribution in [1.29, 1.82) is 0 Å². The van der Waals surface area contributed by atoms with E-state index in [4.69, 9.17) is 0 Å². The molecule has 0 amide bonds. The van der Waals surface area contributed by atoms with E-state index in [1.807, 2.05) is 0 Å². The third-order valence-electron chi connectivity index (χ3n) is 4.15. The first-order chi connectivity index (χ1) is 7.59. The van der Waals surface area contributed by atoms with Crippen LogP contribution in [0.25, 0.3) is 0 Å². The van der Waals surface area contributed by atoms with Gasteiger partial charge in [0.05, 0.1) is 5.25 Å². The average molecular weight is 244 g/mol. The van der Waals surface area contributed by atoms with Crippen LogP contribution in [0.2, 0.25) is 0 Å². The van der Waals surface area contributed by atoms with E-state index in [-0.39, 0.29) is 11.3 Å². The number of piperazine rings is 1. The number of nitrogens with zero attached hydrogens (tertiary/aromatic N) is 2. The van der Waals surface area contributed by atoms with E-state index in [0.717, 1.165) is 32.5 Å². The summed E-state index contributed by atoms with van der Waals surface area (Å²) in [6.07, 6.45) is 4.15. The molecule has 0 radical (unpaired) electrons. The molecule has 2 saturated heterocycles. The van der Waals surface area contributed by atoms with Crippen molar-refractivity contribution in [2.45, 2.75) is 49.9 Å². The van der Waals surface area contributed by atoms with Gasteiger partial charge in [-0.1, -0.05) is 0 Å². The van der Waals surface area contributed by atoms with Crippen molar-refractivity contribution in [3.63, 3.8) is 0 Å². The second-order valence-corrected chi connectivity index (χ2v) is 7.62. The number of hydrogen-bond donors (Lipinski definition) is 0. The van der Waals surface area contributed by atoms with Crippen molar-refractivity contribution < 1.29 is 8.42 Å². The van der Waals surface area contributed by atoms with Gasteiger partial charge in [-0.25, -0.2) is 8.42 Å². The highest BCUT2D eigenvalue weighted by Gasteiger charge is 2.46. The van der Waals surface area contributed by atoms with Crippen LogP contribution in [-0.2, 0) is 10.0 Å². The smallest absolute Gasteiger partial charge is 0.217 e. The van der Waals surface area contributed by atoms with Gasteiger partial charge in [-0.3, -0.25) is 4.90 Å². The molecule has 0 aromatic heterocycles. The SMILES string of the molecule is C[C@H]1CN2CCC[C@@H]2CN1S(=O)(=O)C1CC1. The third kappa shape index (κ3) is 1.69. The maximum absolute atomic E-state index is 12.3. The zero-order valence-electron chi connectivity index (χ0n) is 9.80. The van der Waals surface area contributed by atoms with Crippen LogP contribution in [0.1, 0.15) is 32.6 Å². The second kappa shape index (κ2) is 3.68. The topological polar surface area (TPSA) is 40.6 Å². The fraction of sp³-hybridized carbons (Fsp3) is 1.00. The zero-order valence-corrected chi connectivity index (χ0v) is 10.6. The molecule has 2 atom stereocenters. The molecule has 1 saturated carbocycles. The predicted octanol–water partition coefficient (Wildman–Crippen LogP) is 0.647. The Labute approximate surface area is 97.7 Å². The lowest BCUT2D eigenvalue weighted by Gasteiger charge is -2.41. The summed E-state index contributed by atoms with van der Waals surface area (Å²) in [6.45, 7) is 4.87. The van der Waals surface area contributed by atoms with Gasteiger partial charge in [-0.15, -0.1) is 0 Å². The van der Waals surface area contributed by atoms with Gasteiger partial charge in [0.25, 0.3) is 0 Å². The fourth-order valence-corrected chi connectivity index (χ4v) is 5.14. The molecule has 3 fully saturated rings. The van der Waals surface area contributed by atoms with Gasteiger partial charge < -0.3 is 0 Å².